The average Bonchev–Trinajstić information content (AvgIpc) is 2.53. The summed E-state index contributed by atoms with van der Waals surface area (Å²) in [5.74, 6) is -3.21. The Morgan fingerprint density at radius 1 is 0.870 bits per heavy atom. The van der Waals surface area contributed by atoms with E-state index in [0.29, 0.717) is 10.6 Å². The molecule has 0 spiro atoms. The number of benzene rings is 3. The maximum absolute atomic E-state index is 12.0. The molecular formula is C18H11ClO4. The summed E-state index contributed by atoms with van der Waals surface area (Å²) < 4.78 is 0. The van der Waals surface area contributed by atoms with Crippen molar-refractivity contribution >= 4 is 50.7 Å². The quantitative estimate of drug-likeness (QED) is 0.342. The molecule has 0 saturated carbocycles. The van der Waals surface area contributed by atoms with Gasteiger partial charge in [0.1, 0.15) is 0 Å². The van der Waals surface area contributed by atoms with Gasteiger partial charge in [0, 0.05) is 10.6 Å². The van der Waals surface area contributed by atoms with Gasteiger partial charge >= 0.3 is 5.97 Å². The van der Waals surface area contributed by atoms with Gasteiger partial charge in [-0.1, -0.05) is 41.9 Å². The van der Waals surface area contributed by atoms with E-state index in [1.165, 1.54) is 0 Å². The second-order valence-corrected chi connectivity index (χ2v) is 5.63. The van der Waals surface area contributed by atoms with Gasteiger partial charge in [-0.15, -0.1) is 0 Å². The molecule has 0 atom stereocenters. The average molecular weight is 327 g/mol. The summed E-state index contributed by atoms with van der Waals surface area (Å²) in [5, 5.41) is 13.0. The molecule has 0 fully saturated rings. The van der Waals surface area contributed by atoms with E-state index in [0.717, 1.165) is 21.5 Å². The van der Waals surface area contributed by atoms with Gasteiger partial charge < -0.3 is 5.11 Å². The number of carboxylic acid groups (broad SMARTS) is 1. The molecule has 0 bridgehead atoms. The topological polar surface area (TPSA) is 71.4 Å². The van der Waals surface area contributed by atoms with Crippen LogP contribution in [0.3, 0.4) is 0 Å². The van der Waals surface area contributed by atoms with Crippen LogP contribution in [0.1, 0.15) is 16.8 Å². The lowest BCUT2D eigenvalue weighted by atomic mass is 9.98. The maximum Gasteiger partial charge on any atom is 0.372 e. The third kappa shape index (κ3) is 2.94. The first-order valence-corrected chi connectivity index (χ1v) is 7.25. The molecule has 0 unspecified atom stereocenters. The Kier molecular flexibility index (Phi) is 3.84. The summed E-state index contributed by atoms with van der Waals surface area (Å²) >= 11 is 5.99. The van der Waals surface area contributed by atoms with Crippen LogP contribution in [0.2, 0.25) is 5.02 Å². The van der Waals surface area contributed by atoms with Crippen molar-refractivity contribution in [3.05, 3.63) is 59.1 Å². The number of carbonyl (C=O) groups is 3. The van der Waals surface area contributed by atoms with Gasteiger partial charge in [-0.3, -0.25) is 9.59 Å². The summed E-state index contributed by atoms with van der Waals surface area (Å²) in [7, 11) is 0. The molecule has 0 aromatic heterocycles. The van der Waals surface area contributed by atoms with E-state index in [-0.39, 0.29) is 0 Å². The number of carbonyl (C=O) groups excluding carboxylic acids is 2. The predicted molar refractivity (Wildman–Crippen MR) is 88.1 cm³/mol. The number of rotatable bonds is 4. The Bertz CT molecular complexity index is 975. The summed E-state index contributed by atoms with van der Waals surface area (Å²) in [4.78, 5) is 33.7. The van der Waals surface area contributed by atoms with Crippen molar-refractivity contribution in [1.29, 1.82) is 0 Å². The zero-order valence-electron chi connectivity index (χ0n) is 11.9. The van der Waals surface area contributed by atoms with Crippen molar-refractivity contribution in [3.63, 3.8) is 0 Å². The molecule has 0 amide bonds. The molecule has 3 rings (SSSR count). The fourth-order valence-corrected chi connectivity index (χ4v) is 2.72. The van der Waals surface area contributed by atoms with Gasteiger partial charge in [-0.2, -0.15) is 0 Å². The second-order valence-electron chi connectivity index (χ2n) is 5.20. The van der Waals surface area contributed by atoms with Crippen molar-refractivity contribution in [2.45, 2.75) is 6.42 Å². The highest BCUT2D eigenvalue weighted by atomic mass is 35.5. The van der Waals surface area contributed by atoms with Crippen LogP contribution in [-0.2, 0) is 9.59 Å². The molecule has 23 heavy (non-hydrogen) atoms. The maximum atomic E-state index is 12.0. The van der Waals surface area contributed by atoms with E-state index in [1.54, 1.807) is 24.3 Å². The monoisotopic (exact) mass is 326 g/mol. The Balaban J connectivity index is 2.04. The fourth-order valence-electron chi connectivity index (χ4n) is 2.54. The zero-order chi connectivity index (χ0) is 16.6. The summed E-state index contributed by atoms with van der Waals surface area (Å²) in [6.07, 6.45) is -0.635. The molecule has 3 aromatic rings. The van der Waals surface area contributed by atoms with Crippen LogP contribution in [0.5, 0.6) is 0 Å². The van der Waals surface area contributed by atoms with Crippen LogP contribution in [0, 0.1) is 0 Å². The van der Waals surface area contributed by atoms with E-state index < -0.39 is 24.0 Å². The SMILES string of the molecule is O=C(O)C(=O)CC(=O)c1ccc2c(ccc3cc(Cl)ccc32)c1. The van der Waals surface area contributed by atoms with E-state index in [1.807, 2.05) is 24.3 Å². The third-order valence-corrected chi connectivity index (χ3v) is 3.91. The first kappa shape index (κ1) is 15.2. The van der Waals surface area contributed by atoms with Crippen LogP contribution in [0.25, 0.3) is 21.5 Å². The van der Waals surface area contributed by atoms with Gasteiger partial charge in [-0.05, 0) is 39.7 Å². The minimum atomic E-state index is -1.60. The van der Waals surface area contributed by atoms with E-state index >= 15 is 0 Å². The molecular weight excluding hydrogens is 316 g/mol. The summed E-state index contributed by atoms with van der Waals surface area (Å²) in [6, 6.07) is 14.4. The molecule has 0 aliphatic carbocycles. The number of fused-ring (bicyclic) bond motifs is 3. The minimum absolute atomic E-state index is 0.320. The van der Waals surface area contributed by atoms with Crippen molar-refractivity contribution in [1.82, 2.24) is 0 Å². The summed E-state index contributed by atoms with van der Waals surface area (Å²) in [6.45, 7) is 0. The Labute approximate surface area is 136 Å². The van der Waals surface area contributed by atoms with Crippen molar-refractivity contribution in [2.24, 2.45) is 0 Å². The number of ketones is 2. The summed E-state index contributed by atoms with van der Waals surface area (Å²) in [5.41, 5.74) is 0.320. The molecule has 5 heteroatoms. The first-order valence-electron chi connectivity index (χ1n) is 6.87. The highest BCUT2D eigenvalue weighted by Crippen LogP contribution is 2.28. The molecule has 0 aliphatic rings. The van der Waals surface area contributed by atoms with Gasteiger partial charge in [0.15, 0.2) is 5.78 Å². The number of halogens is 1. The lowest BCUT2D eigenvalue weighted by molar-refractivity contribution is -0.148. The predicted octanol–water partition coefficient (Wildman–Crippen LogP) is 3.87. The Morgan fingerprint density at radius 2 is 1.48 bits per heavy atom. The first-order chi connectivity index (χ1) is 11.0. The number of carboxylic acids is 1. The molecule has 4 nitrogen and oxygen atoms in total. The molecule has 0 saturated heterocycles. The van der Waals surface area contributed by atoms with E-state index in [2.05, 4.69) is 0 Å². The van der Waals surface area contributed by atoms with Gasteiger partial charge in [-0.25, -0.2) is 4.79 Å². The smallest absolute Gasteiger partial charge is 0.372 e. The lowest BCUT2D eigenvalue weighted by Crippen LogP contribution is -2.17. The number of hydrogen-bond donors (Lipinski definition) is 1. The fraction of sp³-hybridized carbons (Fsp3) is 0.0556. The Morgan fingerprint density at radius 3 is 2.13 bits per heavy atom. The van der Waals surface area contributed by atoms with Gasteiger partial charge in [0.05, 0.1) is 6.42 Å². The van der Waals surface area contributed by atoms with E-state index in [9.17, 15) is 14.4 Å². The van der Waals surface area contributed by atoms with Gasteiger partial charge in [0.2, 0.25) is 5.78 Å². The molecule has 0 heterocycles. The molecule has 114 valence electrons. The van der Waals surface area contributed by atoms with Gasteiger partial charge in [0.25, 0.3) is 0 Å². The number of hydrogen-bond acceptors (Lipinski definition) is 3. The second kappa shape index (κ2) is 5.82. The zero-order valence-corrected chi connectivity index (χ0v) is 12.6. The highest BCUT2D eigenvalue weighted by Gasteiger charge is 2.18. The molecule has 0 radical (unpaired) electrons. The molecule has 3 aromatic carbocycles. The largest absolute Gasteiger partial charge is 0.475 e. The minimum Gasteiger partial charge on any atom is -0.475 e. The van der Waals surface area contributed by atoms with Crippen LogP contribution in [0.15, 0.2) is 48.5 Å². The van der Waals surface area contributed by atoms with Crippen LogP contribution in [-0.4, -0.2) is 22.6 Å². The van der Waals surface area contributed by atoms with Crippen molar-refractivity contribution < 1.29 is 19.5 Å². The van der Waals surface area contributed by atoms with E-state index in [4.69, 9.17) is 16.7 Å². The van der Waals surface area contributed by atoms with Crippen LogP contribution in [0.4, 0.5) is 0 Å². The normalized spacial score (nSPS) is 10.8. The lowest BCUT2D eigenvalue weighted by Gasteiger charge is -2.06. The third-order valence-electron chi connectivity index (χ3n) is 3.68. The molecule has 0 aliphatic heterocycles. The molecule has 1 N–H and O–H groups in total. The highest BCUT2D eigenvalue weighted by molar-refractivity contribution is 6.37. The van der Waals surface area contributed by atoms with Crippen molar-refractivity contribution in [3.8, 4) is 0 Å². The van der Waals surface area contributed by atoms with Crippen LogP contribution >= 0.6 is 11.6 Å². The Hall–Kier alpha value is -2.72. The standard InChI is InChI=1S/C18H11ClO4/c19-13-4-6-15-11(8-13)2-1-10-7-12(3-5-14(10)15)16(20)9-17(21)18(22)23/h1-8H,9H2,(H,22,23). The van der Waals surface area contributed by atoms with Crippen molar-refractivity contribution in [2.75, 3.05) is 0 Å². The number of aliphatic carboxylic acids is 1. The van der Waals surface area contributed by atoms with Crippen LogP contribution < -0.4 is 0 Å². The number of Topliss-reactive ketones (excluding diaryl/α,β-unsaturated/α-hetero) is 2.